The molecule has 5 nitrogen and oxygen atoms in total. The second kappa shape index (κ2) is 6.59. The number of amides is 1. The summed E-state index contributed by atoms with van der Waals surface area (Å²) in [4.78, 5) is 26.2. The van der Waals surface area contributed by atoms with Crippen molar-refractivity contribution in [2.24, 2.45) is 0 Å². The van der Waals surface area contributed by atoms with E-state index in [0.717, 1.165) is 25.9 Å². The Labute approximate surface area is 102 Å². The first-order valence-electron chi connectivity index (χ1n) is 6.16. The van der Waals surface area contributed by atoms with E-state index < -0.39 is 5.97 Å². The molecule has 1 aliphatic rings. The summed E-state index contributed by atoms with van der Waals surface area (Å²) in [6.07, 6.45) is 3.01. The molecule has 0 bridgehead atoms. The van der Waals surface area contributed by atoms with E-state index in [1.807, 2.05) is 7.05 Å². The third-order valence-electron chi connectivity index (χ3n) is 3.32. The number of nitrogens with zero attached hydrogens (tertiary/aromatic N) is 2. The molecule has 1 fully saturated rings. The Balaban J connectivity index is 2.32. The summed E-state index contributed by atoms with van der Waals surface area (Å²) in [6, 6.07) is 0.283. The summed E-state index contributed by atoms with van der Waals surface area (Å²) in [6.45, 7) is 2.01. The molecule has 1 N–H and O–H groups in total. The minimum Gasteiger partial charge on any atom is -0.481 e. The second-order valence-corrected chi connectivity index (χ2v) is 4.81. The number of carboxylic acid groups (broad SMARTS) is 1. The maximum Gasteiger partial charge on any atom is 0.303 e. The fourth-order valence-electron chi connectivity index (χ4n) is 2.23. The highest BCUT2D eigenvalue weighted by atomic mass is 16.4. The van der Waals surface area contributed by atoms with Gasteiger partial charge in [0.1, 0.15) is 0 Å². The van der Waals surface area contributed by atoms with Crippen LogP contribution < -0.4 is 0 Å². The average Bonchev–Trinajstić information content (AvgIpc) is 2.27. The Hall–Kier alpha value is -1.10. The molecule has 0 aromatic carbocycles. The van der Waals surface area contributed by atoms with Gasteiger partial charge in [-0.05, 0) is 32.9 Å². The van der Waals surface area contributed by atoms with Crippen molar-refractivity contribution in [1.29, 1.82) is 0 Å². The average molecular weight is 242 g/mol. The van der Waals surface area contributed by atoms with Crippen molar-refractivity contribution in [2.75, 3.05) is 27.2 Å². The van der Waals surface area contributed by atoms with Gasteiger partial charge in [0, 0.05) is 32.5 Å². The number of likely N-dealkylation sites (N-methyl/N-ethyl adjacent to an activating group) is 2. The van der Waals surface area contributed by atoms with Crippen LogP contribution in [-0.2, 0) is 9.59 Å². The summed E-state index contributed by atoms with van der Waals surface area (Å²) in [7, 11) is 3.89. The molecule has 1 unspecified atom stereocenters. The molecule has 1 rings (SSSR count). The van der Waals surface area contributed by atoms with E-state index in [2.05, 4.69) is 11.9 Å². The largest absolute Gasteiger partial charge is 0.481 e. The van der Waals surface area contributed by atoms with Gasteiger partial charge in [-0.15, -0.1) is 0 Å². The number of hydrogen-bond donors (Lipinski definition) is 1. The minimum atomic E-state index is -0.835. The number of rotatable bonds is 5. The molecule has 1 heterocycles. The van der Waals surface area contributed by atoms with E-state index in [-0.39, 0.29) is 18.4 Å². The highest BCUT2D eigenvalue weighted by Crippen LogP contribution is 2.14. The van der Waals surface area contributed by atoms with Gasteiger partial charge in [-0.1, -0.05) is 0 Å². The lowest BCUT2D eigenvalue weighted by Crippen LogP contribution is -2.47. The van der Waals surface area contributed by atoms with E-state index >= 15 is 0 Å². The van der Waals surface area contributed by atoms with Crippen LogP contribution in [0.4, 0.5) is 0 Å². The topological polar surface area (TPSA) is 60.9 Å². The Morgan fingerprint density at radius 3 is 2.71 bits per heavy atom. The maximum atomic E-state index is 11.8. The summed E-state index contributed by atoms with van der Waals surface area (Å²) >= 11 is 0. The summed E-state index contributed by atoms with van der Waals surface area (Å²) < 4.78 is 0. The number of carbonyl (C=O) groups excluding carboxylic acids is 1. The summed E-state index contributed by atoms with van der Waals surface area (Å²) in [5, 5.41) is 8.52. The lowest BCUT2D eigenvalue weighted by atomic mass is 10.0. The summed E-state index contributed by atoms with van der Waals surface area (Å²) in [5.74, 6) is -0.774. The highest BCUT2D eigenvalue weighted by Gasteiger charge is 2.23. The molecule has 1 saturated heterocycles. The predicted molar refractivity (Wildman–Crippen MR) is 64.8 cm³/mol. The van der Waals surface area contributed by atoms with Crippen molar-refractivity contribution in [1.82, 2.24) is 9.80 Å². The van der Waals surface area contributed by atoms with Crippen molar-refractivity contribution >= 4 is 11.9 Å². The number of aliphatic carboxylic acids is 1. The molecule has 0 saturated carbocycles. The van der Waals surface area contributed by atoms with Crippen LogP contribution in [0.25, 0.3) is 0 Å². The van der Waals surface area contributed by atoms with E-state index in [9.17, 15) is 9.59 Å². The van der Waals surface area contributed by atoms with Gasteiger partial charge in [0.15, 0.2) is 0 Å². The van der Waals surface area contributed by atoms with Crippen molar-refractivity contribution in [2.45, 2.75) is 38.1 Å². The molecule has 0 aromatic heterocycles. The zero-order chi connectivity index (χ0) is 12.8. The third-order valence-corrected chi connectivity index (χ3v) is 3.32. The predicted octanol–water partition coefficient (Wildman–Crippen LogP) is 0.794. The van der Waals surface area contributed by atoms with E-state index in [4.69, 9.17) is 5.11 Å². The lowest BCUT2D eigenvalue weighted by molar-refractivity contribution is -0.137. The number of hydrogen-bond acceptors (Lipinski definition) is 3. The summed E-state index contributed by atoms with van der Waals surface area (Å²) in [5.41, 5.74) is 0. The fraction of sp³-hybridized carbons (Fsp3) is 0.833. The SMILES string of the molecule is CN1CCCC(N(C)C(=O)CCCC(=O)O)C1. The van der Waals surface area contributed by atoms with Gasteiger partial charge in [-0.2, -0.15) is 0 Å². The number of likely N-dealkylation sites (tertiary alicyclic amines) is 1. The van der Waals surface area contributed by atoms with Gasteiger partial charge >= 0.3 is 5.97 Å². The van der Waals surface area contributed by atoms with Gasteiger partial charge in [0.05, 0.1) is 0 Å². The standard InChI is InChI=1S/C12H22N2O3/c1-13-8-4-5-10(9-13)14(2)11(15)6-3-7-12(16)17/h10H,3-9H2,1-2H3,(H,16,17). The van der Waals surface area contributed by atoms with E-state index in [1.54, 1.807) is 4.90 Å². The lowest BCUT2D eigenvalue weighted by Gasteiger charge is -2.35. The van der Waals surface area contributed by atoms with Crippen molar-refractivity contribution in [3.05, 3.63) is 0 Å². The van der Waals surface area contributed by atoms with Crippen LogP contribution in [0.1, 0.15) is 32.1 Å². The number of carbonyl (C=O) groups is 2. The van der Waals surface area contributed by atoms with Crippen LogP contribution in [0, 0.1) is 0 Å². The minimum absolute atomic E-state index is 0.0616. The van der Waals surface area contributed by atoms with Gasteiger partial charge < -0.3 is 14.9 Å². The molecule has 5 heteroatoms. The first-order chi connectivity index (χ1) is 8.00. The Kier molecular flexibility index (Phi) is 5.41. The zero-order valence-corrected chi connectivity index (χ0v) is 10.7. The quantitative estimate of drug-likeness (QED) is 0.774. The fourth-order valence-corrected chi connectivity index (χ4v) is 2.23. The molecular formula is C12H22N2O3. The number of piperidine rings is 1. The van der Waals surface area contributed by atoms with Crippen molar-refractivity contribution in [3.63, 3.8) is 0 Å². The zero-order valence-electron chi connectivity index (χ0n) is 10.7. The molecular weight excluding hydrogens is 220 g/mol. The maximum absolute atomic E-state index is 11.8. The van der Waals surface area contributed by atoms with Crippen LogP contribution in [0.2, 0.25) is 0 Å². The first kappa shape index (κ1) is 14.0. The van der Waals surface area contributed by atoms with Crippen LogP contribution in [0.3, 0.4) is 0 Å². The van der Waals surface area contributed by atoms with Gasteiger partial charge in [0.25, 0.3) is 0 Å². The number of carboxylic acids is 1. The monoisotopic (exact) mass is 242 g/mol. The third kappa shape index (κ3) is 4.73. The van der Waals surface area contributed by atoms with Gasteiger partial charge in [-0.25, -0.2) is 0 Å². The van der Waals surface area contributed by atoms with Crippen LogP contribution >= 0.6 is 0 Å². The Morgan fingerprint density at radius 2 is 2.12 bits per heavy atom. The molecule has 0 aromatic rings. The first-order valence-corrected chi connectivity index (χ1v) is 6.16. The van der Waals surface area contributed by atoms with Gasteiger partial charge in [-0.3, -0.25) is 9.59 Å². The molecule has 17 heavy (non-hydrogen) atoms. The molecule has 0 aliphatic carbocycles. The van der Waals surface area contributed by atoms with Crippen LogP contribution in [0.15, 0.2) is 0 Å². The molecule has 1 aliphatic heterocycles. The molecule has 1 amide bonds. The van der Waals surface area contributed by atoms with E-state index in [0.29, 0.717) is 12.8 Å². The molecule has 0 radical (unpaired) electrons. The van der Waals surface area contributed by atoms with Crippen LogP contribution in [-0.4, -0.2) is 60.0 Å². The Morgan fingerprint density at radius 1 is 1.41 bits per heavy atom. The van der Waals surface area contributed by atoms with Crippen molar-refractivity contribution in [3.8, 4) is 0 Å². The molecule has 0 spiro atoms. The van der Waals surface area contributed by atoms with Crippen LogP contribution in [0.5, 0.6) is 0 Å². The smallest absolute Gasteiger partial charge is 0.303 e. The van der Waals surface area contributed by atoms with Gasteiger partial charge in [0.2, 0.25) is 5.91 Å². The highest BCUT2D eigenvalue weighted by molar-refractivity contribution is 5.77. The normalized spacial score (nSPS) is 21.2. The molecule has 1 atom stereocenters. The Bertz CT molecular complexity index is 281. The second-order valence-electron chi connectivity index (χ2n) is 4.81. The molecule has 98 valence electrons. The van der Waals surface area contributed by atoms with E-state index in [1.165, 1.54) is 0 Å². The van der Waals surface area contributed by atoms with Crippen molar-refractivity contribution < 1.29 is 14.7 Å².